The van der Waals surface area contributed by atoms with Crippen molar-refractivity contribution in [2.45, 2.75) is 317 Å². The monoisotopic (exact) mass is 1250 g/mol. The molecule has 3 N–H and O–H groups in total. The van der Waals surface area contributed by atoms with Gasteiger partial charge in [0.05, 0.1) is 26.4 Å². The summed E-state index contributed by atoms with van der Waals surface area (Å²) in [6.07, 6.45) is 41.4. The van der Waals surface area contributed by atoms with Crippen LogP contribution >= 0.6 is 15.6 Å². The molecule has 0 aromatic heterocycles. The van der Waals surface area contributed by atoms with Crippen molar-refractivity contribution < 1.29 is 80.2 Å². The van der Waals surface area contributed by atoms with E-state index in [-0.39, 0.29) is 25.7 Å². The molecular formula is C66H124O17P2. The van der Waals surface area contributed by atoms with Crippen molar-refractivity contribution in [1.29, 1.82) is 0 Å². The normalized spacial score (nSPS) is 14.8. The van der Waals surface area contributed by atoms with Crippen LogP contribution in [0.3, 0.4) is 0 Å². The van der Waals surface area contributed by atoms with E-state index < -0.39 is 97.5 Å². The molecule has 0 saturated carbocycles. The highest BCUT2D eigenvalue weighted by molar-refractivity contribution is 7.47. The number of carbonyl (C=O) groups is 4. The number of phosphoric ester groups is 2. The first-order valence-electron chi connectivity index (χ1n) is 33.7. The quantitative estimate of drug-likeness (QED) is 0.0169. The number of aliphatic hydroxyl groups is 1. The van der Waals surface area contributed by atoms with Gasteiger partial charge < -0.3 is 33.8 Å². The van der Waals surface area contributed by atoms with E-state index in [1.165, 1.54) is 83.5 Å². The fourth-order valence-electron chi connectivity index (χ4n) is 9.26. The van der Waals surface area contributed by atoms with Crippen LogP contribution in [0.15, 0.2) is 24.3 Å². The van der Waals surface area contributed by atoms with Gasteiger partial charge in [-0.05, 0) is 69.1 Å². The summed E-state index contributed by atoms with van der Waals surface area (Å²) in [7, 11) is -9.90. The molecule has 0 radical (unpaired) electrons. The minimum absolute atomic E-state index is 0.0834. The van der Waals surface area contributed by atoms with E-state index in [2.05, 4.69) is 72.8 Å². The van der Waals surface area contributed by atoms with Gasteiger partial charge in [0.1, 0.15) is 19.3 Å². The summed E-state index contributed by atoms with van der Waals surface area (Å²) in [5, 5.41) is 10.5. The van der Waals surface area contributed by atoms with Gasteiger partial charge >= 0.3 is 39.5 Å². The summed E-state index contributed by atoms with van der Waals surface area (Å²) in [6.45, 7) is 11.6. The SMILES string of the molecule is CCCCCC/C=C\C=C/CCCCCCCC(=O)O[C@H](COC(=O)CCCCCCCCCC(C)C)COP(=O)(O)OCC(O)COP(=O)(O)OC[C@@H](COC(=O)CCCCCCCCC(C)CC)OC(=O)CCCCCCCCCC(C)C. The van der Waals surface area contributed by atoms with E-state index in [1.54, 1.807) is 0 Å². The van der Waals surface area contributed by atoms with Crippen molar-refractivity contribution in [1.82, 2.24) is 0 Å². The number of rotatable bonds is 62. The number of aliphatic hydroxyl groups excluding tert-OH is 1. The highest BCUT2D eigenvalue weighted by Crippen LogP contribution is 2.45. The van der Waals surface area contributed by atoms with Crippen molar-refractivity contribution in [3.05, 3.63) is 24.3 Å². The number of allylic oxidation sites excluding steroid dienone is 4. The molecule has 0 rings (SSSR count). The zero-order valence-corrected chi connectivity index (χ0v) is 56.3. The molecule has 19 heteroatoms. The lowest BCUT2D eigenvalue weighted by Gasteiger charge is -2.21. The fourth-order valence-corrected chi connectivity index (χ4v) is 10.8. The summed E-state index contributed by atoms with van der Waals surface area (Å²) in [4.78, 5) is 72.2. The van der Waals surface area contributed by atoms with Crippen LogP contribution in [0.25, 0.3) is 0 Å². The minimum Gasteiger partial charge on any atom is -0.462 e. The maximum absolute atomic E-state index is 13.0. The van der Waals surface area contributed by atoms with E-state index in [1.807, 2.05) is 0 Å². The van der Waals surface area contributed by atoms with Gasteiger partial charge in [-0.15, -0.1) is 0 Å². The van der Waals surface area contributed by atoms with Gasteiger partial charge in [-0.25, -0.2) is 9.13 Å². The molecule has 0 saturated heterocycles. The molecule has 0 aliphatic rings. The summed E-state index contributed by atoms with van der Waals surface area (Å²) < 4.78 is 68.0. The fraction of sp³-hybridized carbons (Fsp3) is 0.879. The number of unbranched alkanes of at least 4 members (excludes halogenated alkanes) is 26. The number of esters is 4. The highest BCUT2D eigenvalue weighted by atomic mass is 31.2. The van der Waals surface area contributed by atoms with Gasteiger partial charge in [0, 0.05) is 25.7 Å². The minimum atomic E-state index is -4.96. The Hall–Kier alpha value is -2.46. The zero-order valence-electron chi connectivity index (χ0n) is 54.5. The Balaban J connectivity index is 5.28. The highest BCUT2D eigenvalue weighted by Gasteiger charge is 2.30. The molecule has 17 nitrogen and oxygen atoms in total. The lowest BCUT2D eigenvalue weighted by atomic mass is 10.00. The molecule has 500 valence electrons. The first-order valence-corrected chi connectivity index (χ1v) is 36.7. The Morgan fingerprint density at radius 2 is 0.694 bits per heavy atom. The van der Waals surface area contributed by atoms with Crippen LogP contribution in [0, 0.1) is 17.8 Å². The number of carbonyl (C=O) groups excluding carboxylic acids is 4. The van der Waals surface area contributed by atoms with E-state index in [9.17, 15) is 43.2 Å². The Morgan fingerprint density at radius 3 is 1.05 bits per heavy atom. The summed E-state index contributed by atoms with van der Waals surface area (Å²) in [5.41, 5.74) is 0. The van der Waals surface area contributed by atoms with Crippen molar-refractivity contribution in [3.8, 4) is 0 Å². The molecule has 0 fully saturated rings. The van der Waals surface area contributed by atoms with E-state index in [0.717, 1.165) is 121 Å². The Labute approximate surface area is 516 Å². The lowest BCUT2D eigenvalue weighted by Crippen LogP contribution is -2.30. The van der Waals surface area contributed by atoms with E-state index in [4.69, 9.17) is 37.0 Å². The first kappa shape index (κ1) is 82.5. The summed E-state index contributed by atoms with van der Waals surface area (Å²) in [6, 6.07) is 0. The van der Waals surface area contributed by atoms with Crippen LogP contribution in [0.2, 0.25) is 0 Å². The van der Waals surface area contributed by atoms with E-state index >= 15 is 0 Å². The van der Waals surface area contributed by atoms with Crippen molar-refractivity contribution in [2.24, 2.45) is 17.8 Å². The smallest absolute Gasteiger partial charge is 0.462 e. The average Bonchev–Trinajstić information content (AvgIpc) is 3.52. The molecule has 6 atom stereocenters. The van der Waals surface area contributed by atoms with Crippen LogP contribution < -0.4 is 0 Å². The molecule has 0 aromatic carbocycles. The second-order valence-corrected chi connectivity index (χ2v) is 27.3. The first-order chi connectivity index (χ1) is 40.8. The van der Waals surface area contributed by atoms with Crippen LogP contribution in [-0.2, 0) is 65.4 Å². The van der Waals surface area contributed by atoms with Gasteiger partial charge in [-0.1, -0.05) is 246 Å². The third kappa shape index (κ3) is 59.0. The zero-order chi connectivity index (χ0) is 63.1. The van der Waals surface area contributed by atoms with Crippen LogP contribution in [-0.4, -0.2) is 96.7 Å². The Morgan fingerprint density at radius 1 is 0.388 bits per heavy atom. The standard InChI is InChI=1S/C66H124O17P2/c1-8-10-11-12-13-14-15-16-17-18-19-20-25-35-42-49-65(70)82-61(53-76-63(68)47-40-33-26-21-23-30-37-44-57(3)4)55-80-84(72,73)78-51-60(67)52-79-85(74,75)81-56-62(83-66(71)50-43-36-27-22-24-31-38-45-58(5)6)54-77-64(69)48-41-34-29-28-32-39-46-59(7)9-2/h14-17,57-62,67H,8-13,18-56H2,1-7H3,(H,72,73)(H,74,75)/b15-14-,17-16-/t59?,60?,61-,62-/m1/s1. The third-order valence-corrected chi connectivity index (χ3v) is 16.8. The average molecular weight is 1250 g/mol. The molecule has 85 heavy (non-hydrogen) atoms. The second-order valence-electron chi connectivity index (χ2n) is 24.4. The molecule has 0 aliphatic heterocycles. The van der Waals surface area contributed by atoms with Crippen molar-refractivity contribution >= 4 is 39.5 Å². The van der Waals surface area contributed by atoms with Crippen LogP contribution in [0.1, 0.15) is 299 Å². The Kier molecular flexibility index (Phi) is 55.1. The molecule has 0 heterocycles. The molecule has 0 amide bonds. The summed E-state index contributed by atoms with van der Waals surface area (Å²) >= 11 is 0. The largest absolute Gasteiger partial charge is 0.472 e. The van der Waals surface area contributed by atoms with Crippen molar-refractivity contribution in [3.63, 3.8) is 0 Å². The predicted molar refractivity (Wildman–Crippen MR) is 340 cm³/mol. The third-order valence-electron chi connectivity index (χ3n) is 14.9. The number of hydrogen-bond donors (Lipinski definition) is 3. The van der Waals surface area contributed by atoms with Gasteiger partial charge in [0.2, 0.25) is 0 Å². The number of hydrogen-bond acceptors (Lipinski definition) is 15. The number of phosphoric acid groups is 2. The van der Waals surface area contributed by atoms with Gasteiger partial charge in [-0.3, -0.25) is 37.3 Å². The van der Waals surface area contributed by atoms with Crippen LogP contribution in [0.5, 0.6) is 0 Å². The maximum atomic E-state index is 13.0. The topological polar surface area (TPSA) is 237 Å². The molecule has 0 bridgehead atoms. The van der Waals surface area contributed by atoms with E-state index in [0.29, 0.717) is 37.5 Å². The van der Waals surface area contributed by atoms with Crippen LogP contribution in [0.4, 0.5) is 0 Å². The summed E-state index contributed by atoms with van der Waals surface area (Å²) in [5.74, 6) is -0.0429. The van der Waals surface area contributed by atoms with Gasteiger partial charge in [-0.2, -0.15) is 0 Å². The number of ether oxygens (including phenoxy) is 4. The van der Waals surface area contributed by atoms with Gasteiger partial charge in [0.15, 0.2) is 12.2 Å². The lowest BCUT2D eigenvalue weighted by molar-refractivity contribution is -0.161. The Bertz CT molecular complexity index is 1780. The molecule has 0 spiro atoms. The molecule has 0 aromatic rings. The molecular weight excluding hydrogens is 1130 g/mol. The molecule has 4 unspecified atom stereocenters. The maximum Gasteiger partial charge on any atom is 0.472 e. The predicted octanol–water partition coefficient (Wildman–Crippen LogP) is 17.8. The van der Waals surface area contributed by atoms with Gasteiger partial charge in [0.25, 0.3) is 0 Å². The second kappa shape index (κ2) is 56.8. The van der Waals surface area contributed by atoms with Crippen molar-refractivity contribution in [2.75, 3.05) is 39.6 Å². The molecule has 0 aliphatic carbocycles.